The van der Waals surface area contributed by atoms with Gasteiger partial charge in [-0.3, -0.25) is 24.5 Å². The second-order valence-electron chi connectivity index (χ2n) is 6.54. The number of nitro benzene ring substituents is 1. The third kappa shape index (κ3) is 3.90. The predicted octanol–water partition coefficient (Wildman–Crippen LogP) is 2.56. The molecule has 0 bridgehead atoms. The molecule has 1 atom stereocenters. The van der Waals surface area contributed by atoms with Gasteiger partial charge >= 0.3 is 0 Å². The molecule has 0 radical (unpaired) electrons. The molecule has 30 heavy (non-hydrogen) atoms. The number of nitro groups is 1. The topological polar surface area (TPSA) is 110 Å². The number of hydrogen-bond acceptors (Lipinski definition) is 6. The van der Waals surface area contributed by atoms with Crippen molar-refractivity contribution in [2.75, 3.05) is 18.6 Å². The summed E-state index contributed by atoms with van der Waals surface area (Å²) in [6, 6.07) is 10.5. The van der Waals surface area contributed by atoms with E-state index in [1.165, 1.54) is 42.4 Å². The van der Waals surface area contributed by atoms with Crippen molar-refractivity contribution in [1.82, 2.24) is 4.90 Å². The van der Waals surface area contributed by atoms with Crippen LogP contribution in [0.25, 0.3) is 0 Å². The Bertz CT molecular complexity index is 1000. The van der Waals surface area contributed by atoms with Crippen LogP contribution in [0.1, 0.15) is 16.8 Å². The Hall–Kier alpha value is -4.01. The van der Waals surface area contributed by atoms with E-state index in [0.29, 0.717) is 11.4 Å². The number of benzene rings is 2. The van der Waals surface area contributed by atoms with E-state index in [0.717, 1.165) is 4.90 Å². The molecule has 154 valence electrons. The molecule has 1 heterocycles. The summed E-state index contributed by atoms with van der Waals surface area (Å²) in [7, 11) is 1.51. The Morgan fingerprint density at radius 2 is 1.87 bits per heavy atom. The Kier molecular flexibility index (Phi) is 5.91. The van der Waals surface area contributed by atoms with Crippen LogP contribution in [-0.4, -0.2) is 47.2 Å². The molecule has 1 aliphatic heterocycles. The minimum Gasteiger partial charge on any atom is -0.497 e. The van der Waals surface area contributed by atoms with E-state index in [1.54, 1.807) is 24.3 Å². The SMILES string of the molecule is C=CCN(C(=O)c1ccc([N+](=O)[O-])cc1)C1CC(=O)N(c2ccc(OC)cc2)C1=O. The summed E-state index contributed by atoms with van der Waals surface area (Å²) in [4.78, 5) is 51.1. The summed E-state index contributed by atoms with van der Waals surface area (Å²) in [6.07, 6.45) is 1.29. The van der Waals surface area contributed by atoms with Crippen molar-refractivity contribution < 1.29 is 24.0 Å². The molecule has 1 unspecified atom stereocenters. The first-order chi connectivity index (χ1) is 14.4. The molecule has 9 nitrogen and oxygen atoms in total. The quantitative estimate of drug-likeness (QED) is 0.301. The molecule has 0 N–H and O–H groups in total. The number of hydrogen-bond donors (Lipinski definition) is 0. The lowest BCUT2D eigenvalue weighted by Gasteiger charge is -2.26. The third-order valence-corrected chi connectivity index (χ3v) is 4.74. The molecular formula is C21H19N3O6. The van der Waals surface area contributed by atoms with Crippen LogP contribution in [0.15, 0.2) is 61.2 Å². The molecule has 9 heteroatoms. The summed E-state index contributed by atoms with van der Waals surface area (Å²) in [5.74, 6) is -0.897. The predicted molar refractivity (Wildman–Crippen MR) is 108 cm³/mol. The lowest BCUT2D eigenvalue weighted by Crippen LogP contribution is -2.45. The van der Waals surface area contributed by atoms with Crippen molar-refractivity contribution >= 4 is 29.1 Å². The van der Waals surface area contributed by atoms with E-state index >= 15 is 0 Å². The van der Waals surface area contributed by atoms with Gasteiger partial charge in [0.05, 0.1) is 24.1 Å². The monoisotopic (exact) mass is 409 g/mol. The van der Waals surface area contributed by atoms with Crippen LogP contribution in [0.3, 0.4) is 0 Å². The maximum atomic E-state index is 13.0. The molecule has 0 aromatic heterocycles. The van der Waals surface area contributed by atoms with Gasteiger partial charge < -0.3 is 9.64 Å². The van der Waals surface area contributed by atoms with Crippen molar-refractivity contribution in [2.24, 2.45) is 0 Å². The fourth-order valence-electron chi connectivity index (χ4n) is 3.24. The second-order valence-corrected chi connectivity index (χ2v) is 6.54. The van der Waals surface area contributed by atoms with Crippen LogP contribution in [0.5, 0.6) is 5.75 Å². The van der Waals surface area contributed by atoms with Crippen molar-refractivity contribution in [1.29, 1.82) is 0 Å². The molecule has 0 saturated carbocycles. The number of anilines is 1. The first-order valence-electron chi connectivity index (χ1n) is 9.04. The number of nitrogens with zero attached hydrogens (tertiary/aromatic N) is 3. The number of rotatable bonds is 7. The Morgan fingerprint density at radius 3 is 2.40 bits per heavy atom. The Balaban J connectivity index is 1.87. The first kappa shape index (κ1) is 20.7. The molecule has 0 aliphatic carbocycles. The van der Waals surface area contributed by atoms with Crippen molar-refractivity contribution in [3.8, 4) is 5.75 Å². The zero-order valence-corrected chi connectivity index (χ0v) is 16.2. The summed E-state index contributed by atoms with van der Waals surface area (Å²) in [6.45, 7) is 3.66. The fraction of sp³-hybridized carbons (Fsp3) is 0.190. The molecule has 1 aliphatic rings. The fourth-order valence-corrected chi connectivity index (χ4v) is 3.24. The van der Waals surface area contributed by atoms with Crippen LogP contribution >= 0.6 is 0 Å². The van der Waals surface area contributed by atoms with Gasteiger partial charge in [0.2, 0.25) is 5.91 Å². The van der Waals surface area contributed by atoms with Gasteiger partial charge in [-0.05, 0) is 36.4 Å². The number of non-ortho nitro benzene ring substituents is 1. The van der Waals surface area contributed by atoms with Crippen LogP contribution in [0.2, 0.25) is 0 Å². The highest BCUT2D eigenvalue weighted by molar-refractivity contribution is 6.23. The molecule has 1 fully saturated rings. The number of carbonyl (C=O) groups is 3. The van der Waals surface area contributed by atoms with E-state index in [-0.39, 0.29) is 24.2 Å². The number of methoxy groups -OCH3 is 1. The molecule has 3 amide bonds. The summed E-state index contributed by atoms with van der Waals surface area (Å²) >= 11 is 0. The summed E-state index contributed by atoms with van der Waals surface area (Å²) in [5, 5.41) is 10.8. The summed E-state index contributed by atoms with van der Waals surface area (Å²) in [5.41, 5.74) is 0.403. The van der Waals surface area contributed by atoms with Gasteiger partial charge in [-0.1, -0.05) is 6.08 Å². The average Bonchev–Trinajstić information content (AvgIpc) is 3.05. The van der Waals surface area contributed by atoms with E-state index in [1.807, 2.05) is 0 Å². The highest BCUT2D eigenvalue weighted by atomic mass is 16.6. The van der Waals surface area contributed by atoms with Crippen LogP contribution in [0, 0.1) is 10.1 Å². The number of carbonyl (C=O) groups excluding carboxylic acids is 3. The van der Waals surface area contributed by atoms with Gasteiger partial charge in [-0.25, -0.2) is 4.90 Å². The van der Waals surface area contributed by atoms with Crippen molar-refractivity contribution in [3.05, 3.63) is 76.9 Å². The molecule has 0 spiro atoms. The number of ether oxygens (including phenoxy) is 1. The third-order valence-electron chi connectivity index (χ3n) is 4.74. The highest BCUT2D eigenvalue weighted by Crippen LogP contribution is 2.28. The smallest absolute Gasteiger partial charge is 0.269 e. The van der Waals surface area contributed by atoms with E-state index in [4.69, 9.17) is 4.74 Å². The van der Waals surface area contributed by atoms with Gasteiger partial charge in [0.25, 0.3) is 17.5 Å². The van der Waals surface area contributed by atoms with Gasteiger partial charge in [-0.15, -0.1) is 6.58 Å². The van der Waals surface area contributed by atoms with Gasteiger partial charge in [0.1, 0.15) is 11.8 Å². The second kappa shape index (κ2) is 8.56. The maximum Gasteiger partial charge on any atom is 0.269 e. The molecule has 2 aromatic rings. The molecular weight excluding hydrogens is 390 g/mol. The maximum absolute atomic E-state index is 13.0. The van der Waals surface area contributed by atoms with Crippen molar-refractivity contribution in [3.63, 3.8) is 0 Å². The largest absolute Gasteiger partial charge is 0.497 e. The standard InChI is InChI=1S/C21H19N3O6/c1-3-12-22(20(26)14-4-6-16(7-5-14)24(28)29)18-13-19(25)23(21(18)27)15-8-10-17(30-2)11-9-15/h3-11,18H,1,12-13H2,2H3. The zero-order chi connectivity index (χ0) is 21.8. The minimum absolute atomic E-state index is 0.0377. The number of amides is 3. The van der Waals surface area contributed by atoms with Gasteiger partial charge in [-0.2, -0.15) is 0 Å². The summed E-state index contributed by atoms with van der Waals surface area (Å²) < 4.78 is 5.09. The lowest BCUT2D eigenvalue weighted by atomic mass is 10.1. The Morgan fingerprint density at radius 1 is 1.23 bits per heavy atom. The molecule has 2 aromatic carbocycles. The van der Waals surface area contributed by atoms with E-state index < -0.39 is 28.7 Å². The first-order valence-corrected chi connectivity index (χ1v) is 9.04. The molecule has 1 saturated heterocycles. The van der Waals surface area contributed by atoms with E-state index in [2.05, 4.69) is 6.58 Å². The van der Waals surface area contributed by atoms with Gasteiger partial charge in [0, 0.05) is 24.2 Å². The van der Waals surface area contributed by atoms with Gasteiger partial charge in [0.15, 0.2) is 0 Å². The Labute approximate surface area is 172 Å². The van der Waals surface area contributed by atoms with E-state index in [9.17, 15) is 24.5 Å². The lowest BCUT2D eigenvalue weighted by molar-refractivity contribution is -0.384. The van der Waals surface area contributed by atoms with Crippen LogP contribution in [0.4, 0.5) is 11.4 Å². The molecule has 3 rings (SSSR count). The number of imide groups is 1. The minimum atomic E-state index is -1.000. The van der Waals surface area contributed by atoms with Crippen LogP contribution < -0.4 is 9.64 Å². The average molecular weight is 409 g/mol. The van der Waals surface area contributed by atoms with Crippen LogP contribution in [-0.2, 0) is 9.59 Å². The van der Waals surface area contributed by atoms with Crippen molar-refractivity contribution in [2.45, 2.75) is 12.5 Å². The normalized spacial score (nSPS) is 15.8. The highest BCUT2D eigenvalue weighted by Gasteiger charge is 2.44. The zero-order valence-electron chi connectivity index (χ0n) is 16.2.